The molecular weight excluding hydrogens is 2100 g/mol. The van der Waals surface area contributed by atoms with Gasteiger partial charge in [0.1, 0.15) is 30.5 Å². The highest BCUT2D eigenvalue weighted by molar-refractivity contribution is 9.11. The van der Waals surface area contributed by atoms with Crippen LogP contribution in [0.15, 0.2) is 294 Å². The number of amides is 4. The average Bonchev–Trinajstić information content (AvgIpc) is 1.58. The molecule has 11 aromatic heterocycles. The Morgan fingerprint density at radius 3 is 1.13 bits per heavy atom. The van der Waals surface area contributed by atoms with Gasteiger partial charge in [-0.2, -0.15) is 15.3 Å². The van der Waals surface area contributed by atoms with E-state index >= 15 is 0 Å². The number of imidazole rings is 3. The molecular formula is C113H110BBr3N22O8Si2. The van der Waals surface area contributed by atoms with E-state index in [-0.39, 0.29) is 23.6 Å². The van der Waals surface area contributed by atoms with Gasteiger partial charge >= 0.3 is 7.12 Å². The summed E-state index contributed by atoms with van der Waals surface area (Å²) in [5, 5.41) is 41.7. The Morgan fingerprint density at radius 1 is 0.376 bits per heavy atom. The van der Waals surface area contributed by atoms with Crippen molar-refractivity contribution in [2.75, 3.05) is 40.2 Å². The van der Waals surface area contributed by atoms with Gasteiger partial charge in [0.15, 0.2) is 17.5 Å². The molecule has 23 rings (SSSR count). The first-order chi connectivity index (χ1) is 71.5. The number of benzene rings is 11. The van der Waals surface area contributed by atoms with Gasteiger partial charge in [-0.3, -0.25) is 49.2 Å². The topological polar surface area (TPSA) is 394 Å². The van der Waals surface area contributed by atoms with Crippen LogP contribution in [0.5, 0.6) is 0 Å². The van der Waals surface area contributed by atoms with Crippen LogP contribution >= 0.6 is 47.8 Å². The summed E-state index contributed by atoms with van der Waals surface area (Å²) in [4.78, 5) is 91.2. The van der Waals surface area contributed by atoms with Gasteiger partial charge in [0.05, 0.1) is 83.6 Å². The average molecular weight is 2210 g/mol. The van der Waals surface area contributed by atoms with Crippen molar-refractivity contribution < 1.29 is 38.0 Å². The SMILES string of the molecule is CC(=O)Nc1cccc2c(-c3ccc4[nH]nc(-c5nc6ccccc6[nH]5)c4c3)cncc12.CC(=O)Nc1cccc2c(-c3ccc4c(c3)c(-c3nc5ccccc5[nH]3)nn4COCC[Si](C)(C)C)cncc12.CC(=O)Nc1cccc2c(Br)cncc12.CC(=O)Nc1cccc2c(Br)cncc12.CC1(C)OB(c2ccc3c(c2)c(-c2nc4ccccc4[nH]2)nn3COCC[Si](C)(C)C)OC1(C)C.Nc1cccc2c(Br)cncc12. The number of nitrogens with one attached hydrogen (secondary N) is 8. The first-order valence-electron chi connectivity index (χ1n) is 48.6. The molecule has 11 aromatic carbocycles. The number of rotatable bonds is 20. The van der Waals surface area contributed by atoms with Gasteiger partial charge in [-0.05, 0) is 212 Å². The molecule has 752 valence electrons. The number of carbonyl (C=O) groups excluding carboxylic acids is 4. The number of nitrogen functional groups attached to an aromatic ring is 1. The lowest BCUT2D eigenvalue weighted by Crippen LogP contribution is -2.41. The number of carbonyl (C=O) groups is 4. The van der Waals surface area contributed by atoms with Gasteiger partial charge in [-0.25, -0.2) is 24.3 Å². The third-order valence-corrected chi connectivity index (χ3v) is 30.9. The highest BCUT2D eigenvalue weighted by Crippen LogP contribution is 2.42. The number of aromatic amines is 4. The van der Waals surface area contributed by atoms with E-state index in [2.05, 4.69) is 235 Å². The summed E-state index contributed by atoms with van der Waals surface area (Å²) in [5.74, 6) is 1.78. The minimum atomic E-state index is -1.20. The second kappa shape index (κ2) is 44.4. The molecule has 1 aliphatic heterocycles. The van der Waals surface area contributed by atoms with E-state index in [0.29, 0.717) is 25.9 Å². The molecule has 12 heterocycles. The Bertz CT molecular complexity index is 8570. The number of para-hydroxylation sites is 6. The normalized spacial score (nSPS) is 12.7. The number of hydrogen-bond acceptors (Lipinski definition) is 20. The molecule has 0 aliphatic carbocycles. The van der Waals surface area contributed by atoms with Gasteiger partial charge in [0.25, 0.3) is 0 Å². The van der Waals surface area contributed by atoms with Crippen LogP contribution in [0.3, 0.4) is 0 Å². The monoisotopic (exact) mass is 2210 g/mol. The number of pyridine rings is 5. The van der Waals surface area contributed by atoms with Crippen molar-refractivity contribution in [3.63, 3.8) is 0 Å². The van der Waals surface area contributed by atoms with Crippen molar-refractivity contribution in [1.29, 1.82) is 0 Å². The van der Waals surface area contributed by atoms with Crippen LogP contribution in [0.4, 0.5) is 28.4 Å². The molecule has 0 unspecified atom stereocenters. The Kier molecular flexibility index (Phi) is 30.9. The van der Waals surface area contributed by atoms with E-state index in [1.807, 2.05) is 192 Å². The molecule has 0 saturated carbocycles. The van der Waals surface area contributed by atoms with Crippen LogP contribution in [0.2, 0.25) is 51.4 Å². The quantitative estimate of drug-likeness (QED) is 0.0194. The fourth-order valence-corrected chi connectivity index (χ4v) is 20.3. The van der Waals surface area contributed by atoms with E-state index in [0.717, 1.165) is 237 Å². The number of H-pyrrole nitrogens is 4. The second-order valence-corrected chi connectivity index (χ2v) is 53.4. The molecule has 30 nitrogen and oxygen atoms in total. The molecule has 0 radical (unpaired) electrons. The number of hydrogen-bond donors (Lipinski definition) is 9. The number of aromatic nitrogens is 17. The molecule has 1 saturated heterocycles. The van der Waals surface area contributed by atoms with Gasteiger partial charge in [0, 0.05) is 209 Å². The summed E-state index contributed by atoms with van der Waals surface area (Å²) in [6.45, 7) is 30.6. The first-order valence-corrected chi connectivity index (χ1v) is 58.3. The summed E-state index contributed by atoms with van der Waals surface area (Å²) in [6, 6.07) is 73.9. The highest BCUT2D eigenvalue weighted by Gasteiger charge is 2.52. The smallest absolute Gasteiger partial charge is 0.399 e. The molecule has 1 aliphatic rings. The van der Waals surface area contributed by atoms with Crippen molar-refractivity contribution in [2.24, 2.45) is 0 Å². The molecule has 0 spiro atoms. The van der Waals surface area contributed by atoms with Gasteiger partial charge in [0.2, 0.25) is 23.6 Å². The minimum Gasteiger partial charge on any atom is -0.399 e. The van der Waals surface area contributed by atoms with E-state index in [1.165, 1.54) is 27.7 Å². The van der Waals surface area contributed by atoms with Gasteiger partial charge in [-0.1, -0.05) is 161 Å². The summed E-state index contributed by atoms with van der Waals surface area (Å²) in [5.41, 5.74) is 24.6. The molecule has 22 aromatic rings. The Hall–Kier alpha value is -15.3. The van der Waals surface area contributed by atoms with Crippen LogP contribution in [0, 0.1) is 0 Å². The molecule has 0 bridgehead atoms. The van der Waals surface area contributed by atoms with Crippen molar-refractivity contribution in [1.82, 2.24) is 84.6 Å². The first kappa shape index (κ1) is 104. The Labute approximate surface area is 886 Å². The predicted molar refractivity (Wildman–Crippen MR) is 616 cm³/mol. The molecule has 0 atom stereocenters. The van der Waals surface area contributed by atoms with Crippen LogP contribution < -0.4 is 32.5 Å². The van der Waals surface area contributed by atoms with E-state index in [9.17, 15) is 19.2 Å². The molecule has 1 fully saturated rings. The standard InChI is InChI=1S/C31H32N6O2Si.C26H35BN4O3Si.C25H18N6O.2C11H9BrN2O.C9H7BrN2/c1-20(38)33-26-11-7-8-22-24(17-32-18-25(22)26)21-12-13-29-23(16-21)30(31-34-27-9-5-6-10-28(27)35-31)36-37(29)19-39-14-15-40(2,3)4;1-25(2)26(3,4)34-27(33-25)18-12-13-22-19(16-18)23(24-28-20-10-8-9-11-21(20)29-24)30-31(22)17-32-14-15-35(5,6)7;1-14(32)27-20-8-4-5-16-18(12-26-13-19(16)20)15-9-10-21-17(11-15)24(31-30-21)25-28-22-6-2-3-7-23(22)29-25;2*1-7(15)14-11-4-2-3-8-9(11)5-13-6-10(8)12;10-8-5-12-4-7-6(8)2-1-3-9(7)11/h5-13,16-18H,14-15,19H2,1-4H3,(H,33,38)(H,34,35);8-13,16H,14-15,17H2,1-7H3,(H,28,29);2-13H,1H3,(H,27,32)(H,28,29)(H,30,31);2*2-6H,1H3,(H,14,15);1-5H,11H2. The van der Waals surface area contributed by atoms with Crippen LogP contribution in [0.25, 0.3) is 176 Å². The Morgan fingerprint density at radius 2 is 0.725 bits per heavy atom. The van der Waals surface area contributed by atoms with Crippen LogP contribution in [-0.2, 0) is 51.4 Å². The third kappa shape index (κ3) is 23.8. The van der Waals surface area contributed by atoms with Crippen molar-refractivity contribution >= 4 is 248 Å². The van der Waals surface area contributed by atoms with Crippen molar-refractivity contribution in [3.05, 3.63) is 294 Å². The second-order valence-electron chi connectivity index (χ2n) is 39.6. The van der Waals surface area contributed by atoms with Gasteiger partial charge < -0.3 is 60.7 Å². The Balaban J connectivity index is 0.000000123. The molecule has 10 N–H and O–H groups in total. The zero-order valence-electron chi connectivity index (χ0n) is 84.7. The minimum absolute atomic E-state index is 0.0810. The van der Waals surface area contributed by atoms with Crippen molar-refractivity contribution in [2.45, 2.75) is 131 Å². The maximum atomic E-state index is 11.8. The lowest BCUT2D eigenvalue weighted by molar-refractivity contribution is -0.115. The summed E-state index contributed by atoms with van der Waals surface area (Å²) in [6.07, 6.45) is 17.8. The maximum Gasteiger partial charge on any atom is 0.494 e. The fourth-order valence-electron chi connectivity index (χ4n) is 17.4. The predicted octanol–water partition coefficient (Wildman–Crippen LogP) is 26.0. The largest absolute Gasteiger partial charge is 0.494 e. The van der Waals surface area contributed by atoms with E-state index in [1.54, 1.807) is 49.6 Å². The fraction of sp³-hybridized carbons (Fsp3) is 0.195. The lowest BCUT2D eigenvalue weighted by Gasteiger charge is -2.32. The summed E-state index contributed by atoms with van der Waals surface area (Å²) >= 11 is 10.3. The molecule has 4 amide bonds. The maximum absolute atomic E-state index is 11.8. The summed E-state index contributed by atoms with van der Waals surface area (Å²) < 4.78 is 31.4. The number of nitrogens with zero attached hydrogens (tertiary/aromatic N) is 13. The third-order valence-electron chi connectivity index (χ3n) is 25.6. The summed E-state index contributed by atoms with van der Waals surface area (Å²) in [7, 11) is -2.79. The number of fused-ring (bicyclic) bond motifs is 11. The zero-order chi connectivity index (χ0) is 105. The highest BCUT2D eigenvalue weighted by atomic mass is 79.9. The van der Waals surface area contributed by atoms with Crippen molar-refractivity contribution in [3.8, 4) is 56.8 Å². The number of nitrogens with two attached hydrogens (primary N) is 1. The zero-order valence-corrected chi connectivity index (χ0v) is 91.4. The number of ether oxygens (including phenoxy) is 2. The van der Waals surface area contributed by atoms with Crippen LogP contribution in [0.1, 0.15) is 55.4 Å². The molecule has 36 heteroatoms. The van der Waals surface area contributed by atoms with Crippen LogP contribution in [-0.4, -0.2) is 156 Å². The van der Waals surface area contributed by atoms with E-state index < -0.39 is 34.5 Å². The van der Waals surface area contributed by atoms with Gasteiger partial charge in [-0.15, -0.1) is 0 Å². The number of anilines is 5. The lowest BCUT2D eigenvalue weighted by atomic mass is 9.78. The van der Waals surface area contributed by atoms with E-state index in [4.69, 9.17) is 49.7 Å². The molecule has 149 heavy (non-hydrogen) atoms. The number of halogens is 3.